The molecule has 2 aromatic carbocycles. The number of benzene rings is 2. The van der Waals surface area contributed by atoms with Crippen LogP contribution in [0, 0.1) is 5.92 Å². The summed E-state index contributed by atoms with van der Waals surface area (Å²) in [5.41, 5.74) is 3.59. The van der Waals surface area contributed by atoms with Crippen LogP contribution in [0.2, 0.25) is 5.02 Å². The van der Waals surface area contributed by atoms with E-state index in [1.54, 1.807) is 42.5 Å². The number of carbonyl (C=O) groups is 2. The number of halogens is 1. The molecular formula is C28H30ClN5O3. The van der Waals surface area contributed by atoms with Gasteiger partial charge in [0.15, 0.2) is 0 Å². The molecule has 0 radical (unpaired) electrons. The number of aromatic nitrogens is 1. The lowest BCUT2D eigenvalue weighted by atomic mass is 9.83. The van der Waals surface area contributed by atoms with Crippen molar-refractivity contribution < 1.29 is 9.59 Å². The number of carbonyl (C=O) groups excluding carboxylic acids is 2. The molecule has 8 nitrogen and oxygen atoms in total. The fourth-order valence-corrected chi connectivity index (χ4v) is 5.43. The quantitative estimate of drug-likeness (QED) is 0.431. The Bertz CT molecular complexity index is 1370. The third kappa shape index (κ3) is 5.49. The summed E-state index contributed by atoms with van der Waals surface area (Å²) < 4.78 is 1.90. The van der Waals surface area contributed by atoms with E-state index < -0.39 is 6.03 Å². The average Bonchev–Trinajstić information content (AvgIpc) is 2.89. The maximum absolute atomic E-state index is 12.9. The minimum atomic E-state index is -0.413. The number of nitrogens with zero attached hydrogens (tertiary/aromatic N) is 2. The largest absolute Gasteiger partial charge is 0.369 e. The zero-order valence-electron chi connectivity index (χ0n) is 20.7. The molecule has 3 heterocycles. The molecule has 2 aliphatic heterocycles. The van der Waals surface area contributed by atoms with Gasteiger partial charge in [0.25, 0.3) is 11.5 Å². The van der Waals surface area contributed by atoms with Crippen molar-refractivity contribution in [3.63, 3.8) is 0 Å². The topological polar surface area (TPSA) is 95.5 Å². The number of hydrogen-bond acceptors (Lipinski definition) is 4. The minimum absolute atomic E-state index is 0.0457. The lowest BCUT2D eigenvalue weighted by Gasteiger charge is -2.44. The average molecular weight is 520 g/mol. The third-order valence-corrected chi connectivity index (χ3v) is 7.22. The molecule has 9 heteroatoms. The molecule has 2 atom stereocenters. The van der Waals surface area contributed by atoms with Crippen LogP contribution in [0.4, 0.5) is 21.9 Å². The summed E-state index contributed by atoms with van der Waals surface area (Å²) in [6.07, 6.45) is 1.86. The Hall–Kier alpha value is -3.78. The van der Waals surface area contributed by atoms with E-state index in [1.807, 2.05) is 29.7 Å². The molecule has 5 rings (SSSR count). The summed E-state index contributed by atoms with van der Waals surface area (Å²) in [4.78, 5) is 40.3. The van der Waals surface area contributed by atoms with E-state index in [9.17, 15) is 14.4 Å². The summed E-state index contributed by atoms with van der Waals surface area (Å²) in [5.74, 6) is 0.345. The van der Waals surface area contributed by atoms with Crippen LogP contribution in [-0.2, 0) is 6.54 Å². The summed E-state index contributed by atoms with van der Waals surface area (Å²) in [7, 11) is 0. The SMILES string of the molecule is CCCNC(=O)c1ccc(N2CC3CC(C2)c2cccc(=O)n2C3)c(NC(=O)Nc2ccc(Cl)cc2)c1. The van der Waals surface area contributed by atoms with Crippen molar-refractivity contribution in [3.8, 4) is 0 Å². The van der Waals surface area contributed by atoms with Crippen molar-refractivity contribution in [2.24, 2.45) is 5.92 Å². The Morgan fingerprint density at radius 3 is 2.59 bits per heavy atom. The van der Waals surface area contributed by atoms with Crippen molar-refractivity contribution >= 4 is 40.6 Å². The van der Waals surface area contributed by atoms with E-state index in [-0.39, 0.29) is 17.4 Å². The van der Waals surface area contributed by atoms with Gasteiger partial charge in [-0.25, -0.2) is 4.79 Å². The predicted molar refractivity (Wildman–Crippen MR) is 147 cm³/mol. The Labute approximate surface area is 220 Å². The van der Waals surface area contributed by atoms with Crippen molar-refractivity contribution in [3.05, 3.63) is 87.3 Å². The first-order chi connectivity index (χ1) is 17.9. The first-order valence-electron chi connectivity index (χ1n) is 12.6. The number of anilines is 3. The highest BCUT2D eigenvalue weighted by Gasteiger charge is 2.35. The molecule has 1 saturated heterocycles. The molecule has 0 saturated carbocycles. The molecule has 3 amide bonds. The van der Waals surface area contributed by atoms with Gasteiger partial charge in [-0.3, -0.25) is 9.59 Å². The van der Waals surface area contributed by atoms with E-state index in [0.717, 1.165) is 37.3 Å². The Kier molecular flexibility index (Phi) is 7.19. The van der Waals surface area contributed by atoms with Crippen LogP contribution < -0.4 is 26.4 Å². The second kappa shape index (κ2) is 10.7. The van der Waals surface area contributed by atoms with Gasteiger partial charge in [0, 0.05) is 60.1 Å². The molecule has 192 valence electrons. The lowest BCUT2D eigenvalue weighted by molar-refractivity contribution is 0.0953. The molecule has 2 aliphatic rings. The number of urea groups is 1. The Morgan fingerprint density at radius 2 is 1.81 bits per heavy atom. The Morgan fingerprint density at radius 1 is 1.00 bits per heavy atom. The number of piperidine rings is 1. The van der Waals surface area contributed by atoms with Gasteiger partial charge in [-0.2, -0.15) is 0 Å². The molecule has 1 fully saturated rings. The van der Waals surface area contributed by atoms with E-state index >= 15 is 0 Å². The number of fused-ring (bicyclic) bond motifs is 4. The standard InChI is InChI=1S/C28H30ClN5O3/c1-2-12-30-27(36)19-6-11-25(23(14-19)32-28(37)31-22-9-7-21(29)8-10-22)33-15-18-13-20(17-33)24-4-3-5-26(35)34(24)16-18/h3-11,14,18,20H,2,12-13,15-17H2,1H3,(H,30,36)(H2,31,32,37). The van der Waals surface area contributed by atoms with Gasteiger partial charge in [-0.05, 0) is 67.3 Å². The predicted octanol–water partition coefficient (Wildman–Crippen LogP) is 4.91. The highest BCUT2D eigenvalue weighted by molar-refractivity contribution is 6.30. The van der Waals surface area contributed by atoms with Gasteiger partial charge in [-0.15, -0.1) is 0 Å². The van der Waals surface area contributed by atoms with E-state index in [4.69, 9.17) is 11.6 Å². The molecule has 1 aromatic heterocycles. The van der Waals surface area contributed by atoms with Gasteiger partial charge in [0.05, 0.1) is 11.4 Å². The molecule has 3 N–H and O–H groups in total. The second-order valence-electron chi connectivity index (χ2n) is 9.68. The monoisotopic (exact) mass is 519 g/mol. The van der Waals surface area contributed by atoms with Crippen LogP contribution in [0.25, 0.3) is 0 Å². The number of pyridine rings is 1. The zero-order chi connectivity index (χ0) is 25.9. The summed E-state index contributed by atoms with van der Waals surface area (Å²) in [5, 5.41) is 9.26. The smallest absolute Gasteiger partial charge is 0.323 e. The van der Waals surface area contributed by atoms with E-state index in [1.165, 1.54) is 0 Å². The molecule has 0 spiro atoms. The van der Waals surface area contributed by atoms with Crippen LogP contribution in [0.3, 0.4) is 0 Å². The number of rotatable bonds is 6. The van der Waals surface area contributed by atoms with Crippen LogP contribution in [0.15, 0.2) is 65.5 Å². The molecule has 2 bridgehead atoms. The number of hydrogen-bond donors (Lipinski definition) is 3. The van der Waals surface area contributed by atoms with Gasteiger partial charge >= 0.3 is 6.03 Å². The van der Waals surface area contributed by atoms with Gasteiger partial charge in [-0.1, -0.05) is 24.6 Å². The second-order valence-corrected chi connectivity index (χ2v) is 10.1. The van der Waals surface area contributed by atoms with Crippen LogP contribution in [0.5, 0.6) is 0 Å². The van der Waals surface area contributed by atoms with Crippen molar-refractivity contribution in [1.29, 1.82) is 0 Å². The van der Waals surface area contributed by atoms with Crippen molar-refractivity contribution in [1.82, 2.24) is 9.88 Å². The first-order valence-corrected chi connectivity index (χ1v) is 13.0. The molecule has 0 aliphatic carbocycles. The molecule has 3 aromatic rings. The normalized spacial score (nSPS) is 18.1. The van der Waals surface area contributed by atoms with E-state index in [0.29, 0.717) is 41.0 Å². The fraction of sp³-hybridized carbons (Fsp3) is 0.321. The molecule has 37 heavy (non-hydrogen) atoms. The van der Waals surface area contributed by atoms with Crippen molar-refractivity contribution in [2.75, 3.05) is 35.2 Å². The van der Waals surface area contributed by atoms with Crippen molar-refractivity contribution in [2.45, 2.75) is 32.2 Å². The summed E-state index contributed by atoms with van der Waals surface area (Å²) >= 11 is 5.96. The Balaban J connectivity index is 1.43. The highest BCUT2D eigenvalue weighted by Crippen LogP contribution is 2.39. The number of amides is 3. The number of nitrogens with one attached hydrogen (secondary N) is 3. The van der Waals surface area contributed by atoms with Crippen LogP contribution in [-0.4, -0.2) is 36.1 Å². The maximum Gasteiger partial charge on any atom is 0.323 e. The summed E-state index contributed by atoms with van der Waals surface area (Å²) in [6.45, 7) is 4.73. The minimum Gasteiger partial charge on any atom is -0.369 e. The van der Waals surface area contributed by atoms with Crippen LogP contribution in [0.1, 0.15) is 41.7 Å². The van der Waals surface area contributed by atoms with Gasteiger partial charge in [0.1, 0.15) is 0 Å². The molecule has 2 unspecified atom stereocenters. The van der Waals surface area contributed by atoms with Gasteiger partial charge < -0.3 is 25.4 Å². The molecular weight excluding hydrogens is 490 g/mol. The fourth-order valence-electron chi connectivity index (χ4n) is 5.30. The van der Waals surface area contributed by atoms with Crippen LogP contribution >= 0.6 is 11.6 Å². The van der Waals surface area contributed by atoms with E-state index in [2.05, 4.69) is 20.9 Å². The van der Waals surface area contributed by atoms with Gasteiger partial charge in [0.2, 0.25) is 0 Å². The maximum atomic E-state index is 12.9. The third-order valence-electron chi connectivity index (χ3n) is 6.97. The zero-order valence-corrected chi connectivity index (χ0v) is 21.4. The first kappa shape index (κ1) is 24.9. The lowest BCUT2D eigenvalue weighted by Crippen LogP contribution is -2.47. The summed E-state index contributed by atoms with van der Waals surface area (Å²) in [6, 6.07) is 17.3. The highest BCUT2D eigenvalue weighted by atomic mass is 35.5.